The minimum Gasteiger partial charge on any atom is -0.0717 e. The number of rotatable bonds is 1. The summed E-state index contributed by atoms with van der Waals surface area (Å²) in [5, 5.41) is 3.01. The minimum atomic E-state index is -0.00662. The molecule has 0 aliphatic carbocycles. The first-order valence-electron chi connectivity index (χ1n) is 5.30. The van der Waals surface area contributed by atoms with Gasteiger partial charge in [0, 0.05) is 4.90 Å². The van der Waals surface area contributed by atoms with Gasteiger partial charge < -0.3 is 0 Å². The standard InChI is InChI=1S/C14H13Cl3S/c1-14(2,3)10-4-6-11(7-5-10)18-9-8-12(15)13(16)17/h4-7H,1-3H3. The van der Waals surface area contributed by atoms with Gasteiger partial charge in [-0.25, -0.2) is 0 Å². The maximum absolute atomic E-state index is 5.70. The van der Waals surface area contributed by atoms with Crippen molar-refractivity contribution in [3.05, 3.63) is 39.4 Å². The van der Waals surface area contributed by atoms with E-state index in [4.69, 9.17) is 34.8 Å². The lowest BCUT2D eigenvalue weighted by atomic mass is 9.87. The van der Waals surface area contributed by atoms with Gasteiger partial charge in [-0.3, -0.25) is 0 Å². The van der Waals surface area contributed by atoms with Crippen LogP contribution in [-0.4, -0.2) is 0 Å². The molecule has 0 amide bonds. The molecule has 4 heteroatoms. The van der Waals surface area contributed by atoms with Gasteiger partial charge in [0.1, 0.15) is 9.52 Å². The summed E-state index contributed by atoms with van der Waals surface area (Å²) in [4.78, 5) is 1.06. The van der Waals surface area contributed by atoms with Gasteiger partial charge >= 0.3 is 0 Å². The van der Waals surface area contributed by atoms with E-state index in [-0.39, 0.29) is 14.9 Å². The lowest BCUT2D eigenvalue weighted by molar-refractivity contribution is 0.590. The normalized spacial score (nSPS) is 10.6. The third kappa shape index (κ3) is 5.16. The van der Waals surface area contributed by atoms with Crippen molar-refractivity contribution < 1.29 is 0 Å². The number of hydrogen-bond acceptors (Lipinski definition) is 1. The van der Waals surface area contributed by atoms with E-state index in [9.17, 15) is 0 Å². The van der Waals surface area contributed by atoms with E-state index >= 15 is 0 Å². The Morgan fingerprint density at radius 3 is 2.06 bits per heavy atom. The summed E-state index contributed by atoms with van der Waals surface area (Å²) < 4.78 is -0.00662. The van der Waals surface area contributed by atoms with Crippen LogP contribution >= 0.6 is 46.6 Å². The van der Waals surface area contributed by atoms with Crippen molar-refractivity contribution in [1.82, 2.24) is 0 Å². The van der Waals surface area contributed by atoms with E-state index in [1.807, 2.05) is 12.1 Å². The van der Waals surface area contributed by atoms with Crippen LogP contribution in [0.1, 0.15) is 26.3 Å². The van der Waals surface area contributed by atoms with Crippen molar-refractivity contribution >= 4 is 46.6 Å². The molecule has 0 N–H and O–H groups in total. The second-order valence-corrected chi connectivity index (χ2v) is 6.88. The maximum Gasteiger partial charge on any atom is 0.133 e. The third-order valence-electron chi connectivity index (χ3n) is 2.22. The Morgan fingerprint density at radius 1 is 1.06 bits per heavy atom. The molecule has 0 fully saturated rings. The molecule has 0 aliphatic heterocycles. The zero-order valence-corrected chi connectivity index (χ0v) is 13.4. The second-order valence-electron chi connectivity index (χ2n) is 4.68. The van der Waals surface area contributed by atoms with Crippen LogP contribution in [0.5, 0.6) is 0 Å². The SMILES string of the molecule is CC(C)(C)c1ccc(SC#CC(Cl)=C(Cl)Cl)cc1. The highest BCUT2D eigenvalue weighted by Crippen LogP contribution is 2.25. The predicted octanol–water partition coefficient (Wildman–Crippen LogP) is 5.92. The fraction of sp³-hybridized carbons (Fsp3) is 0.286. The Kier molecular flexibility index (Phi) is 5.95. The first-order valence-corrected chi connectivity index (χ1v) is 7.25. The molecule has 0 nitrogen and oxygen atoms in total. The third-order valence-corrected chi connectivity index (χ3v) is 3.78. The molecule has 0 aliphatic rings. The van der Waals surface area contributed by atoms with Crippen LogP contribution in [0.4, 0.5) is 0 Å². The van der Waals surface area contributed by atoms with Crippen molar-refractivity contribution in [2.45, 2.75) is 31.1 Å². The van der Waals surface area contributed by atoms with Crippen molar-refractivity contribution in [2.75, 3.05) is 0 Å². The smallest absolute Gasteiger partial charge is 0.0717 e. The Balaban J connectivity index is 2.74. The van der Waals surface area contributed by atoms with E-state index in [1.54, 1.807) is 0 Å². The summed E-state index contributed by atoms with van der Waals surface area (Å²) in [6, 6.07) is 8.30. The Hall–Kier alpha value is -0.260. The molecule has 18 heavy (non-hydrogen) atoms. The Labute approximate surface area is 128 Å². The number of benzene rings is 1. The van der Waals surface area contributed by atoms with E-state index in [2.05, 4.69) is 44.1 Å². The molecule has 1 rings (SSSR count). The average molecular weight is 320 g/mol. The van der Waals surface area contributed by atoms with Crippen molar-refractivity contribution in [1.29, 1.82) is 0 Å². The molecule has 0 atom stereocenters. The van der Waals surface area contributed by atoms with Crippen LogP contribution in [0.25, 0.3) is 0 Å². The lowest BCUT2D eigenvalue weighted by Gasteiger charge is -2.18. The van der Waals surface area contributed by atoms with Crippen LogP contribution in [-0.2, 0) is 5.41 Å². The molecular formula is C14H13Cl3S. The van der Waals surface area contributed by atoms with Crippen molar-refractivity contribution in [2.24, 2.45) is 0 Å². The topological polar surface area (TPSA) is 0 Å². The molecule has 0 spiro atoms. The molecule has 0 radical (unpaired) electrons. The van der Waals surface area contributed by atoms with Crippen LogP contribution < -0.4 is 0 Å². The molecule has 0 saturated carbocycles. The average Bonchev–Trinajstić information content (AvgIpc) is 2.28. The van der Waals surface area contributed by atoms with E-state index in [1.165, 1.54) is 17.3 Å². The summed E-state index contributed by atoms with van der Waals surface area (Å²) in [7, 11) is 0. The van der Waals surface area contributed by atoms with Gasteiger partial charge in [0.2, 0.25) is 0 Å². The quantitative estimate of drug-likeness (QED) is 0.457. The van der Waals surface area contributed by atoms with Gasteiger partial charge in [0.05, 0.1) is 0 Å². The maximum atomic E-state index is 5.70. The molecule has 1 aromatic carbocycles. The second kappa shape index (κ2) is 6.78. The highest BCUT2D eigenvalue weighted by Gasteiger charge is 2.12. The zero-order valence-electron chi connectivity index (χ0n) is 10.4. The highest BCUT2D eigenvalue weighted by atomic mass is 35.5. The zero-order chi connectivity index (χ0) is 13.8. The summed E-state index contributed by atoms with van der Waals surface area (Å²) in [6.07, 6.45) is 0. The molecular weight excluding hydrogens is 307 g/mol. The van der Waals surface area contributed by atoms with E-state index < -0.39 is 0 Å². The fourth-order valence-corrected chi connectivity index (χ4v) is 1.94. The van der Waals surface area contributed by atoms with Crippen LogP contribution in [0.15, 0.2) is 38.7 Å². The minimum absolute atomic E-state index is 0.00662. The van der Waals surface area contributed by atoms with Gasteiger partial charge in [-0.2, -0.15) is 0 Å². The first-order chi connectivity index (χ1) is 8.30. The molecule has 0 bridgehead atoms. The molecule has 0 heterocycles. The lowest BCUT2D eigenvalue weighted by Crippen LogP contribution is -2.10. The van der Waals surface area contributed by atoms with Gasteiger partial charge in [0.15, 0.2) is 0 Å². The van der Waals surface area contributed by atoms with Gasteiger partial charge in [-0.1, -0.05) is 67.7 Å². The first kappa shape index (κ1) is 15.8. The largest absolute Gasteiger partial charge is 0.133 e. The van der Waals surface area contributed by atoms with Crippen molar-refractivity contribution in [3.63, 3.8) is 0 Å². The molecule has 0 aromatic heterocycles. The van der Waals surface area contributed by atoms with Gasteiger partial charge in [-0.05, 0) is 46.0 Å². The van der Waals surface area contributed by atoms with E-state index in [0.29, 0.717) is 0 Å². The van der Waals surface area contributed by atoms with E-state index in [0.717, 1.165) is 4.90 Å². The van der Waals surface area contributed by atoms with Gasteiger partial charge in [-0.15, -0.1) is 0 Å². The number of hydrogen-bond donors (Lipinski definition) is 0. The molecule has 0 unspecified atom stereocenters. The predicted molar refractivity (Wildman–Crippen MR) is 83.4 cm³/mol. The fourth-order valence-electron chi connectivity index (χ4n) is 1.20. The summed E-state index contributed by atoms with van der Waals surface area (Å²) >= 11 is 18.0. The number of thioether (sulfide) groups is 1. The highest BCUT2D eigenvalue weighted by molar-refractivity contribution is 8.04. The molecule has 96 valence electrons. The molecule has 0 saturated heterocycles. The van der Waals surface area contributed by atoms with Crippen LogP contribution in [0, 0.1) is 11.2 Å². The summed E-state index contributed by atoms with van der Waals surface area (Å²) in [5.41, 5.74) is 1.45. The van der Waals surface area contributed by atoms with Crippen LogP contribution in [0.2, 0.25) is 0 Å². The Morgan fingerprint density at radius 2 is 1.61 bits per heavy atom. The number of allylic oxidation sites excluding steroid dienone is 1. The van der Waals surface area contributed by atoms with Crippen LogP contribution in [0.3, 0.4) is 0 Å². The number of halogens is 3. The molecule has 1 aromatic rings. The summed E-state index contributed by atoms with van der Waals surface area (Å²) in [5.74, 6) is 2.67. The summed E-state index contributed by atoms with van der Waals surface area (Å²) in [6.45, 7) is 6.55. The monoisotopic (exact) mass is 318 g/mol. The van der Waals surface area contributed by atoms with Crippen molar-refractivity contribution in [3.8, 4) is 11.2 Å². The van der Waals surface area contributed by atoms with Gasteiger partial charge in [0.25, 0.3) is 0 Å². The Bertz CT molecular complexity index is 495.